The summed E-state index contributed by atoms with van der Waals surface area (Å²) in [6.45, 7) is 3.90. The van der Waals surface area contributed by atoms with Crippen LogP contribution >= 0.6 is 27.3 Å². The molecule has 0 aliphatic rings. The van der Waals surface area contributed by atoms with Gasteiger partial charge >= 0.3 is 5.97 Å². The molecular formula is C14H12BrN3O2S. The first-order valence-corrected chi connectivity index (χ1v) is 7.77. The molecule has 2 rings (SSSR count). The maximum absolute atomic E-state index is 11.7. The van der Waals surface area contributed by atoms with Crippen molar-refractivity contribution in [3.05, 3.63) is 38.8 Å². The van der Waals surface area contributed by atoms with Crippen molar-refractivity contribution in [3.63, 3.8) is 0 Å². The molecule has 5 nitrogen and oxygen atoms in total. The molecule has 1 N–H and O–H groups in total. The van der Waals surface area contributed by atoms with E-state index in [0.29, 0.717) is 23.0 Å². The van der Waals surface area contributed by atoms with Crippen LogP contribution in [0.15, 0.2) is 22.7 Å². The van der Waals surface area contributed by atoms with E-state index in [-0.39, 0.29) is 0 Å². The number of ether oxygens (including phenoxy) is 1. The Hall–Kier alpha value is -1.91. The smallest absolute Gasteiger partial charge is 0.358 e. The Morgan fingerprint density at radius 2 is 2.33 bits per heavy atom. The molecule has 0 aliphatic heterocycles. The number of anilines is 2. The van der Waals surface area contributed by atoms with Gasteiger partial charge in [-0.1, -0.05) is 0 Å². The highest BCUT2D eigenvalue weighted by molar-refractivity contribution is 9.10. The van der Waals surface area contributed by atoms with E-state index in [1.54, 1.807) is 25.1 Å². The van der Waals surface area contributed by atoms with E-state index in [9.17, 15) is 4.79 Å². The van der Waals surface area contributed by atoms with Crippen molar-refractivity contribution in [3.8, 4) is 6.07 Å². The molecule has 0 saturated carbocycles. The van der Waals surface area contributed by atoms with Gasteiger partial charge in [0.05, 0.1) is 23.9 Å². The summed E-state index contributed by atoms with van der Waals surface area (Å²) < 4.78 is 5.72. The largest absolute Gasteiger partial charge is 0.461 e. The first-order valence-electron chi connectivity index (χ1n) is 6.16. The van der Waals surface area contributed by atoms with E-state index in [4.69, 9.17) is 10.00 Å². The van der Waals surface area contributed by atoms with Crippen LogP contribution in [0.4, 0.5) is 10.8 Å². The average molecular weight is 366 g/mol. The molecule has 0 amide bonds. The van der Waals surface area contributed by atoms with Crippen LogP contribution in [0.25, 0.3) is 0 Å². The third-order valence-electron chi connectivity index (χ3n) is 2.61. The van der Waals surface area contributed by atoms with Crippen molar-refractivity contribution >= 4 is 44.1 Å². The number of esters is 1. The highest BCUT2D eigenvalue weighted by Gasteiger charge is 2.16. The van der Waals surface area contributed by atoms with E-state index in [1.165, 1.54) is 11.3 Å². The predicted molar refractivity (Wildman–Crippen MR) is 84.9 cm³/mol. The van der Waals surface area contributed by atoms with Crippen molar-refractivity contribution in [2.75, 3.05) is 11.9 Å². The van der Waals surface area contributed by atoms with Crippen molar-refractivity contribution in [2.45, 2.75) is 13.8 Å². The first-order chi connectivity index (χ1) is 10.0. The SMILES string of the molecule is CCOC(=O)c1nc(Nc2ccc(C#N)cc2Br)sc1C. The zero-order valence-corrected chi connectivity index (χ0v) is 13.8. The summed E-state index contributed by atoms with van der Waals surface area (Å²) in [4.78, 5) is 16.8. The number of carbonyl (C=O) groups excluding carboxylic acids is 1. The fraction of sp³-hybridized carbons (Fsp3) is 0.214. The summed E-state index contributed by atoms with van der Waals surface area (Å²) in [6, 6.07) is 7.28. The first kappa shape index (κ1) is 15.5. The molecule has 0 saturated heterocycles. The number of hydrogen-bond acceptors (Lipinski definition) is 6. The Balaban J connectivity index is 2.23. The third-order valence-corrected chi connectivity index (χ3v) is 4.15. The normalized spacial score (nSPS) is 10.0. The average Bonchev–Trinajstić information content (AvgIpc) is 2.82. The van der Waals surface area contributed by atoms with E-state index in [2.05, 4.69) is 32.3 Å². The minimum absolute atomic E-state index is 0.319. The highest BCUT2D eigenvalue weighted by atomic mass is 79.9. The zero-order valence-electron chi connectivity index (χ0n) is 11.4. The van der Waals surface area contributed by atoms with Crippen LogP contribution < -0.4 is 5.32 Å². The van der Waals surface area contributed by atoms with E-state index in [0.717, 1.165) is 15.0 Å². The van der Waals surface area contributed by atoms with E-state index in [1.807, 2.05) is 6.92 Å². The summed E-state index contributed by atoms with van der Waals surface area (Å²) in [5.74, 6) is -0.418. The predicted octanol–water partition coefficient (Wildman–Crippen LogP) is 4.01. The van der Waals surface area contributed by atoms with Crippen LogP contribution in [0.3, 0.4) is 0 Å². The van der Waals surface area contributed by atoms with Crippen LogP contribution in [0.2, 0.25) is 0 Å². The number of rotatable bonds is 4. The van der Waals surface area contributed by atoms with Crippen LogP contribution in [0, 0.1) is 18.3 Å². The van der Waals surface area contributed by atoms with Crippen LogP contribution in [-0.4, -0.2) is 17.6 Å². The number of nitrogens with one attached hydrogen (secondary N) is 1. The fourth-order valence-corrected chi connectivity index (χ4v) is 2.93. The minimum atomic E-state index is -0.418. The monoisotopic (exact) mass is 365 g/mol. The molecule has 0 unspecified atom stereocenters. The Labute approximate surface area is 134 Å². The molecule has 7 heteroatoms. The Morgan fingerprint density at radius 3 is 2.95 bits per heavy atom. The lowest BCUT2D eigenvalue weighted by molar-refractivity contribution is 0.0519. The summed E-state index contributed by atoms with van der Waals surface area (Å²) in [6.07, 6.45) is 0. The number of carbonyl (C=O) groups is 1. The quantitative estimate of drug-likeness (QED) is 0.828. The summed E-state index contributed by atoms with van der Waals surface area (Å²) in [5, 5.41) is 12.6. The molecule has 2 aromatic rings. The molecule has 1 heterocycles. The van der Waals surface area contributed by atoms with Gasteiger partial charge in [0, 0.05) is 9.35 Å². The van der Waals surface area contributed by atoms with E-state index < -0.39 is 5.97 Å². The molecule has 1 aromatic carbocycles. The van der Waals surface area contributed by atoms with Gasteiger partial charge < -0.3 is 10.1 Å². The number of thiazole rings is 1. The lowest BCUT2D eigenvalue weighted by atomic mass is 10.2. The van der Waals surface area contributed by atoms with Crippen molar-refractivity contribution in [1.29, 1.82) is 5.26 Å². The highest BCUT2D eigenvalue weighted by Crippen LogP contribution is 2.30. The molecule has 0 fully saturated rings. The van der Waals surface area contributed by atoms with Gasteiger partial charge in [-0.05, 0) is 48.0 Å². The summed E-state index contributed by atoms with van der Waals surface area (Å²) in [5.41, 5.74) is 1.67. The van der Waals surface area contributed by atoms with Gasteiger partial charge in [0.1, 0.15) is 0 Å². The molecule has 21 heavy (non-hydrogen) atoms. The van der Waals surface area contributed by atoms with Gasteiger partial charge in [-0.15, -0.1) is 11.3 Å². The summed E-state index contributed by atoms with van der Waals surface area (Å²) in [7, 11) is 0. The number of hydrogen-bond donors (Lipinski definition) is 1. The molecule has 0 spiro atoms. The second-order valence-corrected chi connectivity index (χ2v) is 6.13. The Bertz CT molecular complexity index is 721. The maximum atomic E-state index is 11.7. The third kappa shape index (κ3) is 3.60. The Morgan fingerprint density at radius 1 is 1.57 bits per heavy atom. The van der Waals surface area contributed by atoms with Crippen LogP contribution in [0.1, 0.15) is 27.9 Å². The van der Waals surface area contributed by atoms with Gasteiger partial charge in [-0.25, -0.2) is 9.78 Å². The van der Waals surface area contributed by atoms with Crippen LogP contribution in [0.5, 0.6) is 0 Å². The summed E-state index contributed by atoms with van der Waals surface area (Å²) >= 11 is 4.77. The number of aryl methyl sites for hydroxylation is 1. The number of halogens is 1. The molecule has 0 bridgehead atoms. The van der Waals surface area contributed by atoms with Gasteiger partial charge in [0.15, 0.2) is 10.8 Å². The molecule has 1 aromatic heterocycles. The molecule has 108 valence electrons. The van der Waals surface area contributed by atoms with Crippen molar-refractivity contribution in [1.82, 2.24) is 4.98 Å². The molecule has 0 radical (unpaired) electrons. The second kappa shape index (κ2) is 6.70. The van der Waals surface area contributed by atoms with E-state index >= 15 is 0 Å². The second-order valence-electron chi connectivity index (χ2n) is 4.08. The van der Waals surface area contributed by atoms with Gasteiger partial charge in [0.25, 0.3) is 0 Å². The van der Waals surface area contributed by atoms with Gasteiger partial charge in [0.2, 0.25) is 0 Å². The number of aromatic nitrogens is 1. The fourth-order valence-electron chi connectivity index (χ4n) is 1.64. The minimum Gasteiger partial charge on any atom is -0.461 e. The van der Waals surface area contributed by atoms with Crippen LogP contribution in [-0.2, 0) is 4.74 Å². The molecule has 0 atom stereocenters. The maximum Gasteiger partial charge on any atom is 0.358 e. The lowest BCUT2D eigenvalue weighted by Gasteiger charge is -2.05. The molecule has 0 aliphatic carbocycles. The standard InChI is InChI=1S/C14H12BrN3O2S/c1-3-20-13(19)12-8(2)21-14(18-12)17-11-5-4-9(7-16)6-10(11)15/h4-6H,3H2,1-2H3,(H,17,18). The van der Waals surface area contributed by atoms with Crippen molar-refractivity contribution in [2.24, 2.45) is 0 Å². The number of nitriles is 1. The lowest BCUT2D eigenvalue weighted by Crippen LogP contribution is -2.06. The zero-order chi connectivity index (χ0) is 15.4. The number of nitrogens with zero attached hydrogens (tertiary/aromatic N) is 2. The van der Waals surface area contributed by atoms with Gasteiger partial charge in [-0.2, -0.15) is 5.26 Å². The van der Waals surface area contributed by atoms with Gasteiger partial charge in [-0.3, -0.25) is 0 Å². The topological polar surface area (TPSA) is 75.0 Å². The van der Waals surface area contributed by atoms with Crippen molar-refractivity contribution < 1.29 is 9.53 Å². The number of benzene rings is 1. The molecular weight excluding hydrogens is 354 g/mol. The Kier molecular flexibility index (Phi) is 4.94.